The molecule has 41 heavy (non-hydrogen) atoms. The van der Waals surface area contributed by atoms with E-state index in [-0.39, 0.29) is 23.8 Å². The van der Waals surface area contributed by atoms with Gasteiger partial charge in [0.2, 0.25) is 10.6 Å². The van der Waals surface area contributed by atoms with Crippen molar-refractivity contribution in [3.8, 4) is 0 Å². The van der Waals surface area contributed by atoms with Gasteiger partial charge in [0.25, 0.3) is 0 Å². The Morgan fingerprint density at radius 3 is 2.73 bits per heavy atom. The summed E-state index contributed by atoms with van der Waals surface area (Å²) in [6.45, 7) is -1.22. The molecule has 0 radical (unpaired) electrons. The van der Waals surface area contributed by atoms with Crippen LogP contribution in [0.25, 0.3) is 5.52 Å². The molecule has 7 N–H and O–H groups in total. The molecule has 1 saturated carbocycles. The fraction of sp³-hybridized carbons (Fsp3) is 0.682. The molecule has 19 heteroatoms. The molecule has 0 aromatic carbocycles. The largest absolute Gasteiger partial charge is 0.393 e. The Kier molecular flexibility index (Phi) is 8.65. The van der Waals surface area contributed by atoms with Gasteiger partial charge in [0.1, 0.15) is 36.0 Å². The number of fused-ring (bicyclic) bond motifs is 1. The molecule has 5 atom stereocenters. The van der Waals surface area contributed by atoms with E-state index in [0.717, 1.165) is 25.7 Å². The van der Waals surface area contributed by atoms with E-state index in [9.17, 15) is 29.7 Å². The van der Waals surface area contributed by atoms with E-state index in [1.54, 1.807) is 19.1 Å². The van der Waals surface area contributed by atoms with E-state index in [0.29, 0.717) is 17.0 Å². The third-order valence-electron chi connectivity index (χ3n) is 7.60. The second-order valence-electron chi connectivity index (χ2n) is 10.3. The van der Waals surface area contributed by atoms with Crippen molar-refractivity contribution >= 4 is 30.5 Å². The van der Waals surface area contributed by atoms with Crippen molar-refractivity contribution in [3.05, 3.63) is 28.9 Å². The van der Waals surface area contributed by atoms with E-state index < -0.39 is 56.7 Å². The summed E-state index contributed by atoms with van der Waals surface area (Å²) in [6.07, 6.45) is -0.0635. The van der Waals surface area contributed by atoms with Crippen molar-refractivity contribution < 1.29 is 43.9 Å². The van der Waals surface area contributed by atoms with Gasteiger partial charge >= 0.3 is 7.60 Å². The zero-order valence-corrected chi connectivity index (χ0v) is 23.6. The van der Waals surface area contributed by atoms with Gasteiger partial charge in [0, 0.05) is 6.04 Å². The zero-order chi connectivity index (χ0) is 29.4. The van der Waals surface area contributed by atoms with Crippen LogP contribution in [-0.2, 0) is 31.0 Å². The first kappa shape index (κ1) is 30.2. The number of ether oxygens (including phenoxy) is 3. The zero-order valence-electron chi connectivity index (χ0n) is 22.0. The minimum atomic E-state index is -5.15. The molecule has 0 unspecified atom stereocenters. The molecule has 0 amide bonds. The number of tetrazole rings is 1. The summed E-state index contributed by atoms with van der Waals surface area (Å²) in [4.78, 5) is 24.4. The fourth-order valence-corrected chi connectivity index (χ4v) is 6.07. The van der Waals surface area contributed by atoms with Gasteiger partial charge in [-0.1, -0.05) is 18.1 Å². The highest BCUT2D eigenvalue weighted by molar-refractivity contribution is 7.53. The quantitative estimate of drug-likeness (QED) is 0.129. The van der Waals surface area contributed by atoms with Gasteiger partial charge in [0.15, 0.2) is 11.6 Å². The molecule has 2 fully saturated rings. The first-order chi connectivity index (χ1) is 19.5. The van der Waals surface area contributed by atoms with E-state index >= 15 is 0 Å². The predicted octanol–water partition coefficient (Wildman–Crippen LogP) is -0.314. The first-order valence-electron chi connectivity index (χ1n) is 12.9. The Hall–Kier alpha value is -2.31. The fourth-order valence-electron chi connectivity index (χ4n) is 5.22. The predicted molar refractivity (Wildman–Crippen MR) is 140 cm³/mol. The van der Waals surface area contributed by atoms with Crippen molar-refractivity contribution in [2.45, 2.75) is 74.5 Å². The molecule has 3 aromatic heterocycles. The smallest absolute Gasteiger partial charge is 0.361 e. The summed E-state index contributed by atoms with van der Waals surface area (Å²) in [7, 11) is -5.15. The molecular weight excluding hydrogens is 587 g/mol. The Morgan fingerprint density at radius 2 is 2.07 bits per heavy atom. The van der Waals surface area contributed by atoms with Crippen LogP contribution >= 0.6 is 19.2 Å². The van der Waals surface area contributed by atoms with E-state index in [1.165, 1.54) is 4.52 Å². The average molecular weight is 619 g/mol. The summed E-state index contributed by atoms with van der Waals surface area (Å²) in [5.74, 6) is 0.635. The number of aromatic amines is 1. The van der Waals surface area contributed by atoms with Crippen molar-refractivity contribution in [2.24, 2.45) is 0 Å². The Balaban J connectivity index is 1.35. The standard InChI is InChI=1S/C22H32ClN8O9P/c1-21(15-7-6-13-19(24-12-4-2-3-5-12)25-20(23)28-31(13)15)18(34)17(33)14(40-21)8-39-22(10-32,41(35,36)37)11-38-9-16-26-29-30-27-16/h6-7,12,14,17-18,32-34H,2-5,8-11H2,1H3,(H,24,25,28)(H2,35,36,37)(H,26,27,29,30)/t14-,17-,18-,21+,22-/m1/s1. The molecule has 1 aliphatic heterocycles. The number of nitrogens with one attached hydrogen (secondary N) is 2. The minimum Gasteiger partial charge on any atom is -0.393 e. The van der Waals surface area contributed by atoms with Gasteiger partial charge in [-0.2, -0.15) is 10.2 Å². The van der Waals surface area contributed by atoms with Crippen LogP contribution in [0.1, 0.15) is 44.1 Å². The van der Waals surface area contributed by atoms with Crippen LogP contribution in [0.15, 0.2) is 12.1 Å². The SMILES string of the molecule is C[C@@]1(c2ccc3c(NC4CCCC4)nc(Cl)nn23)O[C@H](CO[C@@](CO)(COCc2nn[nH]n2)P(=O)(O)O)[C@@H](O)[C@H]1O. The van der Waals surface area contributed by atoms with Crippen LogP contribution in [0, 0.1) is 0 Å². The lowest BCUT2D eigenvalue weighted by molar-refractivity contribution is -0.140. The van der Waals surface area contributed by atoms with Crippen LogP contribution in [0.3, 0.4) is 0 Å². The summed E-state index contributed by atoms with van der Waals surface area (Å²) < 4.78 is 30.7. The molecular formula is C22H32ClN8O9P. The van der Waals surface area contributed by atoms with Crippen molar-refractivity contribution in [1.29, 1.82) is 0 Å². The van der Waals surface area contributed by atoms with E-state index in [2.05, 4.69) is 36.0 Å². The third kappa shape index (κ3) is 5.84. The number of aliphatic hydroxyl groups is 3. The Labute approximate surface area is 238 Å². The summed E-state index contributed by atoms with van der Waals surface area (Å²) in [6, 6.07) is 3.65. The third-order valence-corrected chi connectivity index (χ3v) is 9.22. The number of halogens is 1. The van der Waals surface area contributed by atoms with Crippen LogP contribution < -0.4 is 5.32 Å². The summed E-state index contributed by atoms with van der Waals surface area (Å²) >= 11 is 6.24. The number of H-pyrrole nitrogens is 1. The molecule has 5 rings (SSSR count). The molecule has 1 saturated heterocycles. The number of aromatic nitrogens is 7. The number of hydrogen-bond acceptors (Lipinski definition) is 13. The molecule has 2 aliphatic rings. The van der Waals surface area contributed by atoms with Gasteiger partial charge in [-0.25, -0.2) is 4.52 Å². The molecule has 0 spiro atoms. The second-order valence-corrected chi connectivity index (χ2v) is 12.6. The van der Waals surface area contributed by atoms with Crippen molar-refractivity contribution in [3.63, 3.8) is 0 Å². The lowest BCUT2D eigenvalue weighted by Gasteiger charge is -2.33. The van der Waals surface area contributed by atoms with Crippen molar-refractivity contribution in [1.82, 2.24) is 35.2 Å². The van der Waals surface area contributed by atoms with Crippen LogP contribution in [0.5, 0.6) is 0 Å². The summed E-state index contributed by atoms with van der Waals surface area (Å²) in [5, 5.41) is 50.0. The normalized spacial score (nSPS) is 27.0. The lowest BCUT2D eigenvalue weighted by Crippen LogP contribution is -2.45. The number of anilines is 1. The molecule has 0 bridgehead atoms. The maximum Gasteiger partial charge on any atom is 0.361 e. The minimum absolute atomic E-state index is 0.0397. The highest BCUT2D eigenvalue weighted by atomic mass is 35.5. The van der Waals surface area contributed by atoms with Gasteiger partial charge in [-0.05, 0) is 43.5 Å². The highest BCUT2D eigenvalue weighted by Crippen LogP contribution is 2.52. The molecule has 1 aliphatic carbocycles. The topological polar surface area (TPSA) is 243 Å². The monoisotopic (exact) mass is 618 g/mol. The summed E-state index contributed by atoms with van der Waals surface area (Å²) in [5.41, 5.74) is -0.601. The van der Waals surface area contributed by atoms with Crippen LogP contribution in [0.4, 0.5) is 5.82 Å². The van der Waals surface area contributed by atoms with Gasteiger partial charge in [-0.3, -0.25) is 4.57 Å². The van der Waals surface area contributed by atoms with Gasteiger partial charge in [0.05, 0.1) is 25.5 Å². The maximum absolute atomic E-state index is 12.4. The number of nitrogens with zero attached hydrogens (tertiary/aromatic N) is 6. The highest BCUT2D eigenvalue weighted by Gasteiger charge is 2.56. The molecule has 4 heterocycles. The van der Waals surface area contributed by atoms with Gasteiger partial charge in [-0.15, -0.1) is 15.3 Å². The number of rotatable bonds is 12. The molecule has 226 valence electrons. The molecule has 3 aromatic rings. The lowest BCUT2D eigenvalue weighted by atomic mass is 9.93. The maximum atomic E-state index is 12.4. The second kappa shape index (κ2) is 11.8. The van der Waals surface area contributed by atoms with Gasteiger partial charge < -0.3 is 44.6 Å². The Bertz CT molecular complexity index is 1390. The number of aliphatic hydroxyl groups excluding tert-OH is 3. The van der Waals surface area contributed by atoms with Crippen LogP contribution in [-0.4, -0.2) is 110 Å². The number of hydrogen-bond donors (Lipinski definition) is 7. The van der Waals surface area contributed by atoms with Crippen LogP contribution in [0.2, 0.25) is 5.28 Å². The average Bonchev–Trinajstić information content (AvgIpc) is 3.72. The first-order valence-corrected chi connectivity index (χ1v) is 14.9. The van der Waals surface area contributed by atoms with E-state index in [4.69, 9.17) is 25.8 Å². The van der Waals surface area contributed by atoms with Crippen molar-refractivity contribution in [2.75, 3.05) is 25.1 Å². The Morgan fingerprint density at radius 1 is 1.32 bits per heavy atom. The molecule has 17 nitrogen and oxygen atoms in total. The van der Waals surface area contributed by atoms with E-state index in [1.807, 2.05) is 0 Å².